The molecule has 0 spiro atoms. The minimum absolute atomic E-state index is 0.656. The molecule has 1 saturated heterocycles. The second-order valence-electron chi connectivity index (χ2n) is 8.40. The number of hydrogen-bond donors (Lipinski definition) is 0. The number of fused-ring (bicyclic) bond motifs is 1. The molecule has 132 valence electrons. The van der Waals surface area contributed by atoms with Crippen LogP contribution in [0.15, 0.2) is 54.1 Å². The first-order chi connectivity index (χ1) is 12.3. The van der Waals surface area contributed by atoms with E-state index < -0.39 is 20.3 Å². The van der Waals surface area contributed by atoms with E-state index in [-0.39, 0.29) is 0 Å². The molecule has 0 nitrogen and oxygen atoms in total. The van der Waals surface area contributed by atoms with Crippen molar-refractivity contribution in [2.24, 2.45) is 5.92 Å². The van der Waals surface area contributed by atoms with Crippen LogP contribution in [0.2, 0.25) is 16.0 Å². The van der Waals surface area contributed by atoms with Crippen LogP contribution in [0.3, 0.4) is 0 Å². The van der Waals surface area contributed by atoms with Gasteiger partial charge in [-0.2, -0.15) is 0 Å². The Kier molecular flexibility index (Phi) is 5.33. The van der Waals surface area contributed by atoms with E-state index >= 15 is 0 Å². The zero-order chi connectivity index (χ0) is 17.3. The zero-order valence-corrected chi connectivity index (χ0v) is 18.3. The molecule has 25 heavy (non-hydrogen) atoms. The fourth-order valence-corrected chi connectivity index (χ4v) is 22.9. The van der Waals surface area contributed by atoms with E-state index in [1.807, 2.05) is 5.57 Å². The molecule has 1 heteroatoms. The molecule has 1 aromatic carbocycles. The van der Waals surface area contributed by atoms with Crippen molar-refractivity contribution in [1.82, 2.24) is 0 Å². The average Bonchev–Trinajstić information content (AvgIpc) is 3.05. The van der Waals surface area contributed by atoms with Crippen molar-refractivity contribution in [3.05, 3.63) is 65.3 Å². The van der Waals surface area contributed by atoms with Crippen molar-refractivity contribution in [3.63, 3.8) is 0 Å². The Labute approximate surface area is 158 Å². The maximum atomic E-state index is 2.54. The first-order valence-electron chi connectivity index (χ1n) is 10.4. The first kappa shape index (κ1) is 17.7. The summed E-state index contributed by atoms with van der Waals surface area (Å²) in [6, 6.07) is 9.12. The standard InChI is InChI=1S/C18H19.C4H9.C2H4.Zr/c1-2-15(13-14-7-3-4-8-14)18-12-11-16-9-5-6-10-17(16)18;1-3-4-2;1-2;/h3-7,9-13,15,18H,2,8H2,1H3;1,3-4H2,2H3;1-2H2;. The molecule has 0 aromatic heterocycles. The number of unbranched alkanes of at least 4 members (excludes halogenated alkanes) is 1. The molecule has 3 aliphatic rings. The summed E-state index contributed by atoms with van der Waals surface area (Å²) in [6.07, 6.45) is 17.6. The Bertz CT molecular complexity index is 705. The van der Waals surface area contributed by atoms with Crippen molar-refractivity contribution in [2.45, 2.75) is 61.5 Å². The minimum atomic E-state index is -1.94. The van der Waals surface area contributed by atoms with Crippen molar-refractivity contribution >= 4 is 6.08 Å². The number of benzene rings is 1. The molecule has 0 amide bonds. The number of rotatable bonds is 8. The van der Waals surface area contributed by atoms with Gasteiger partial charge in [0.15, 0.2) is 0 Å². The van der Waals surface area contributed by atoms with E-state index in [0.29, 0.717) is 5.92 Å². The molecule has 0 radical (unpaired) electrons. The summed E-state index contributed by atoms with van der Waals surface area (Å²) in [5.74, 6) is 1.49. The third-order valence-electron chi connectivity index (χ3n) is 6.98. The van der Waals surface area contributed by atoms with E-state index in [1.54, 1.807) is 17.9 Å². The van der Waals surface area contributed by atoms with E-state index in [1.165, 1.54) is 31.2 Å². The van der Waals surface area contributed by atoms with Gasteiger partial charge in [0, 0.05) is 0 Å². The van der Waals surface area contributed by atoms with Crippen LogP contribution in [-0.2, 0) is 20.3 Å². The van der Waals surface area contributed by atoms with Crippen molar-refractivity contribution in [1.29, 1.82) is 0 Å². The van der Waals surface area contributed by atoms with Crippen LogP contribution in [-0.4, -0.2) is 0 Å². The summed E-state index contributed by atoms with van der Waals surface area (Å²) in [7, 11) is 0. The molecule has 3 atom stereocenters. The van der Waals surface area contributed by atoms with Crippen LogP contribution in [0.25, 0.3) is 6.08 Å². The Hall–Kier alpha value is -0.677. The monoisotopic (exact) mass is 410 g/mol. The summed E-state index contributed by atoms with van der Waals surface area (Å²) in [5, 5.41) is 0. The summed E-state index contributed by atoms with van der Waals surface area (Å²) in [5.41, 5.74) is 4.88. The molecule has 3 unspecified atom stereocenters. The predicted octanol–water partition coefficient (Wildman–Crippen LogP) is 7.72. The van der Waals surface area contributed by atoms with Crippen molar-refractivity contribution < 1.29 is 20.3 Å². The molecule has 2 aliphatic carbocycles. The summed E-state index contributed by atoms with van der Waals surface area (Å²) in [4.78, 5) is 0. The Morgan fingerprint density at radius 3 is 2.68 bits per heavy atom. The van der Waals surface area contributed by atoms with Crippen LogP contribution in [0.1, 0.15) is 56.6 Å². The van der Waals surface area contributed by atoms with Gasteiger partial charge in [-0.25, -0.2) is 0 Å². The van der Waals surface area contributed by atoms with Crippen LogP contribution < -0.4 is 0 Å². The molecule has 1 aliphatic heterocycles. The fourth-order valence-electron chi connectivity index (χ4n) is 5.57. The first-order valence-corrected chi connectivity index (χ1v) is 17.0. The SMILES string of the molecule is CCC[CH2][Zr]1([CH](C2=CC=CC2)C(CC)C2C=Cc3ccccc32)[CH2][CH2]1. The van der Waals surface area contributed by atoms with Gasteiger partial charge in [0.05, 0.1) is 0 Å². The average molecular weight is 412 g/mol. The molecule has 1 heterocycles. The van der Waals surface area contributed by atoms with Crippen LogP contribution in [0.5, 0.6) is 0 Å². The van der Waals surface area contributed by atoms with E-state index in [4.69, 9.17) is 0 Å². The Balaban J connectivity index is 1.67. The van der Waals surface area contributed by atoms with E-state index in [9.17, 15) is 0 Å². The molecule has 1 fully saturated rings. The molecule has 0 N–H and O–H groups in total. The van der Waals surface area contributed by atoms with Gasteiger partial charge in [0.1, 0.15) is 0 Å². The normalized spacial score (nSPS) is 24.9. The summed E-state index contributed by atoms with van der Waals surface area (Å²) < 4.78 is 5.93. The number of hydrogen-bond acceptors (Lipinski definition) is 0. The molecule has 4 rings (SSSR count). The number of allylic oxidation sites excluding steroid dienone is 5. The van der Waals surface area contributed by atoms with Crippen molar-refractivity contribution in [2.75, 3.05) is 0 Å². The topological polar surface area (TPSA) is 0 Å². The van der Waals surface area contributed by atoms with E-state index in [0.717, 1.165) is 9.54 Å². The quantitative estimate of drug-likeness (QED) is 0.410. The third-order valence-corrected chi connectivity index (χ3v) is 19.9. The second-order valence-corrected chi connectivity index (χ2v) is 20.3. The predicted molar refractivity (Wildman–Crippen MR) is 107 cm³/mol. The van der Waals surface area contributed by atoms with Crippen LogP contribution >= 0.6 is 0 Å². The molecular formula is C24H32Zr. The zero-order valence-electron chi connectivity index (χ0n) is 15.9. The molecule has 1 aromatic rings. The summed E-state index contributed by atoms with van der Waals surface area (Å²) in [6.45, 7) is 4.83. The van der Waals surface area contributed by atoms with Crippen molar-refractivity contribution in [3.8, 4) is 0 Å². The van der Waals surface area contributed by atoms with Crippen LogP contribution in [0.4, 0.5) is 0 Å². The third kappa shape index (κ3) is 3.34. The maximum absolute atomic E-state index is 2.54. The summed E-state index contributed by atoms with van der Waals surface area (Å²) >= 11 is -1.94. The van der Waals surface area contributed by atoms with Gasteiger partial charge in [-0.15, -0.1) is 0 Å². The molecular weight excluding hydrogens is 379 g/mol. The van der Waals surface area contributed by atoms with E-state index in [2.05, 4.69) is 68.5 Å². The van der Waals surface area contributed by atoms with Gasteiger partial charge in [0.2, 0.25) is 0 Å². The van der Waals surface area contributed by atoms with Gasteiger partial charge in [0.25, 0.3) is 0 Å². The van der Waals surface area contributed by atoms with Gasteiger partial charge in [-0.3, -0.25) is 0 Å². The fraction of sp³-hybridized carbons (Fsp3) is 0.500. The molecule has 0 saturated carbocycles. The van der Waals surface area contributed by atoms with Gasteiger partial charge in [-0.1, -0.05) is 0 Å². The van der Waals surface area contributed by atoms with Gasteiger partial charge < -0.3 is 0 Å². The van der Waals surface area contributed by atoms with Gasteiger partial charge in [-0.05, 0) is 0 Å². The van der Waals surface area contributed by atoms with Gasteiger partial charge >= 0.3 is 159 Å². The second kappa shape index (κ2) is 7.52. The Morgan fingerprint density at radius 2 is 2.00 bits per heavy atom. The molecule has 0 bridgehead atoms. The Morgan fingerprint density at radius 1 is 1.16 bits per heavy atom. The van der Waals surface area contributed by atoms with Crippen LogP contribution in [0, 0.1) is 5.92 Å².